The van der Waals surface area contributed by atoms with Crippen molar-refractivity contribution in [1.82, 2.24) is 0 Å². The summed E-state index contributed by atoms with van der Waals surface area (Å²) < 4.78 is 12.9. The summed E-state index contributed by atoms with van der Waals surface area (Å²) >= 11 is 3.43. The molecule has 0 bridgehead atoms. The van der Waals surface area contributed by atoms with Gasteiger partial charge in [0.15, 0.2) is 0 Å². The molecule has 0 aliphatic carbocycles. The largest absolute Gasteiger partial charge is 0.327 e. The number of hydrogen-bond donors (Lipinski definition) is 1. The molecular weight excluding hydrogens is 265 g/mol. The van der Waals surface area contributed by atoms with Gasteiger partial charge in [0.25, 0.3) is 0 Å². The highest BCUT2D eigenvalue weighted by molar-refractivity contribution is 7.99. The molecule has 96 valence electrons. The van der Waals surface area contributed by atoms with Crippen molar-refractivity contribution < 1.29 is 4.39 Å². The molecule has 2 rings (SSSR count). The molecule has 0 saturated carbocycles. The minimum Gasteiger partial charge on any atom is -0.327 e. The summed E-state index contributed by atoms with van der Waals surface area (Å²) in [4.78, 5) is 2.35. The van der Waals surface area contributed by atoms with E-state index in [0.29, 0.717) is 0 Å². The third-order valence-electron chi connectivity index (χ3n) is 2.71. The third kappa shape index (κ3) is 3.13. The molecule has 18 heavy (non-hydrogen) atoms. The van der Waals surface area contributed by atoms with E-state index in [4.69, 9.17) is 5.73 Å². The van der Waals surface area contributed by atoms with Gasteiger partial charge in [-0.1, -0.05) is 0 Å². The van der Waals surface area contributed by atoms with Crippen LogP contribution in [0.25, 0.3) is 0 Å². The van der Waals surface area contributed by atoms with Gasteiger partial charge in [0.2, 0.25) is 0 Å². The number of aryl methyl sites for hydroxylation is 1. The van der Waals surface area contributed by atoms with Crippen LogP contribution < -0.4 is 5.73 Å². The smallest absolute Gasteiger partial charge is 0.123 e. The van der Waals surface area contributed by atoms with E-state index < -0.39 is 0 Å². The van der Waals surface area contributed by atoms with Gasteiger partial charge in [-0.25, -0.2) is 4.39 Å². The molecule has 2 unspecified atom stereocenters. The van der Waals surface area contributed by atoms with E-state index in [0.717, 1.165) is 4.90 Å². The summed E-state index contributed by atoms with van der Waals surface area (Å²) in [6, 6.07) is 8.75. The van der Waals surface area contributed by atoms with E-state index in [9.17, 15) is 4.39 Å². The van der Waals surface area contributed by atoms with Crippen LogP contribution in [0.4, 0.5) is 4.39 Å². The van der Waals surface area contributed by atoms with Crippen molar-refractivity contribution in [2.24, 2.45) is 5.73 Å². The SMILES string of the molecule is Cc1ccsc1C(Sc1ccc(F)cc1)C(C)N. The number of rotatable bonds is 4. The van der Waals surface area contributed by atoms with Gasteiger partial charge in [0, 0.05) is 15.8 Å². The molecule has 1 nitrogen and oxygen atoms in total. The maximum Gasteiger partial charge on any atom is 0.123 e. The van der Waals surface area contributed by atoms with Gasteiger partial charge in [-0.3, -0.25) is 0 Å². The zero-order valence-electron chi connectivity index (χ0n) is 10.4. The third-order valence-corrected chi connectivity index (χ3v) is 5.43. The van der Waals surface area contributed by atoms with Crippen LogP contribution >= 0.6 is 23.1 Å². The molecule has 4 heteroatoms. The van der Waals surface area contributed by atoms with Crippen LogP contribution in [0.1, 0.15) is 22.6 Å². The highest BCUT2D eigenvalue weighted by Gasteiger charge is 2.20. The van der Waals surface area contributed by atoms with Gasteiger partial charge < -0.3 is 5.73 Å². The molecule has 0 aliphatic heterocycles. The van der Waals surface area contributed by atoms with Crippen molar-refractivity contribution in [2.75, 3.05) is 0 Å². The predicted octanol–water partition coefficient (Wildman–Crippen LogP) is 4.38. The second-order valence-corrected chi connectivity index (χ2v) is 6.48. The number of nitrogens with two attached hydrogens (primary N) is 1. The molecule has 0 fully saturated rings. The van der Waals surface area contributed by atoms with Crippen molar-refractivity contribution in [1.29, 1.82) is 0 Å². The monoisotopic (exact) mass is 281 g/mol. The summed E-state index contributed by atoms with van der Waals surface area (Å²) in [7, 11) is 0. The standard InChI is InChI=1S/C14H16FNS2/c1-9-7-8-17-13(9)14(10(2)16)18-12-5-3-11(15)4-6-12/h3-8,10,14H,16H2,1-2H3. The Bertz CT molecular complexity index is 505. The van der Waals surface area contributed by atoms with Gasteiger partial charge in [-0.2, -0.15) is 0 Å². The first-order chi connectivity index (χ1) is 8.58. The molecule has 2 N–H and O–H groups in total. The molecule has 2 atom stereocenters. The lowest BCUT2D eigenvalue weighted by atomic mass is 10.1. The van der Waals surface area contributed by atoms with Gasteiger partial charge >= 0.3 is 0 Å². The van der Waals surface area contributed by atoms with Crippen molar-refractivity contribution in [2.45, 2.75) is 30.0 Å². The quantitative estimate of drug-likeness (QED) is 0.842. The van der Waals surface area contributed by atoms with E-state index in [1.54, 1.807) is 35.2 Å². The van der Waals surface area contributed by atoms with Crippen LogP contribution in [0.5, 0.6) is 0 Å². The molecular formula is C14H16FNS2. The van der Waals surface area contributed by atoms with E-state index in [-0.39, 0.29) is 17.1 Å². The molecule has 0 aliphatic rings. The summed E-state index contributed by atoms with van der Waals surface area (Å²) in [5.41, 5.74) is 7.36. The van der Waals surface area contributed by atoms with Crippen LogP contribution in [0.15, 0.2) is 40.6 Å². The van der Waals surface area contributed by atoms with E-state index >= 15 is 0 Å². The van der Waals surface area contributed by atoms with E-state index in [1.165, 1.54) is 22.6 Å². The summed E-state index contributed by atoms with van der Waals surface area (Å²) in [5.74, 6) is -0.205. The summed E-state index contributed by atoms with van der Waals surface area (Å²) in [5, 5.41) is 2.31. The van der Waals surface area contributed by atoms with Gasteiger partial charge in [-0.05, 0) is 55.1 Å². The Labute approximate surface area is 115 Å². The molecule has 1 heterocycles. The molecule has 0 spiro atoms. The van der Waals surface area contributed by atoms with Crippen LogP contribution in [-0.4, -0.2) is 6.04 Å². The highest BCUT2D eigenvalue weighted by atomic mass is 32.2. The Kier molecular flexibility index (Phi) is 4.43. The maximum atomic E-state index is 12.9. The molecule has 0 amide bonds. The Morgan fingerprint density at radius 1 is 1.22 bits per heavy atom. The molecule has 0 saturated heterocycles. The fourth-order valence-corrected chi connectivity index (χ4v) is 4.16. The van der Waals surface area contributed by atoms with Crippen molar-refractivity contribution in [3.05, 3.63) is 52.0 Å². The zero-order valence-corrected chi connectivity index (χ0v) is 12.0. The molecule has 1 aromatic carbocycles. The van der Waals surface area contributed by atoms with Crippen LogP contribution in [-0.2, 0) is 0 Å². The lowest BCUT2D eigenvalue weighted by molar-refractivity contribution is 0.626. The van der Waals surface area contributed by atoms with Gasteiger partial charge in [0.05, 0.1) is 5.25 Å². The van der Waals surface area contributed by atoms with Gasteiger partial charge in [-0.15, -0.1) is 23.1 Å². The minimum atomic E-state index is -0.205. The Balaban J connectivity index is 2.22. The minimum absolute atomic E-state index is 0.0532. The number of benzene rings is 1. The Morgan fingerprint density at radius 2 is 1.89 bits per heavy atom. The highest BCUT2D eigenvalue weighted by Crippen LogP contribution is 2.40. The number of thiophene rings is 1. The molecule has 1 aromatic heterocycles. The zero-order chi connectivity index (χ0) is 13.1. The number of halogens is 1. The summed E-state index contributed by atoms with van der Waals surface area (Å²) in [6.45, 7) is 4.12. The predicted molar refractivity (Wildman–Crippen MR) is 77.7 cm³/mol. The topological polar surface area (TPSA) is 26.0 Å². The molecule has 2 aromatic rings. The fourth-order valence-electron chi connectivity index (χ4n) is 1.74. The van der Waals surface area contributed by atoms with Gasteiger partial charge in [0.1, 0.15) is 5.82 Å². The van der Waals surface area contributed by atoms with Crippen LogP contribution in [0, 0.1) is 12.7 Å². The second-order valence-electron chi connectivity index (χ2n) is 4.32. The number of hydrogen-bond acceptors (Lipinski definition) is 3. The van der Waals surface area contributed by atoms with Crippen molar-refractivity contribution in [3.63, 3.8) is 0 Å². The average molecular weight is 281 g/mol. The Hall–Kier alpha value is -0.840. The first-order valence-electron chi connectivity index (χ1n) is 5.79. The van der Waals surface area contributed by atoms with Crippen LogP contribution in [0.3, 0.4) is 0 Å². The number of thioether (sulfide) groups is 1. The second kappa shape index (κ2) is 5.87. The van der Waals surface area contributed by atoms with Crippen molar-refractivity contribution in [3.8, 4) is 0 Å². The lowest BCUT2D eigenvalue weighted by Crippen LogP contribution is -2.22. The van der Waals surface area contributed by atoms with Crippen molar-refractivity contribution >= 4 is 23.1 Å². The first-order valence-corrected chi connectivity index (χ1v) is 7.55. The van der Waals surface area contributed by atoms with E-state index in [1.807, 2.05) is 6.92 Å². The fraction of sp³-hybridized carbons (Fsp3) is 0.286. The maximum absolute atomic E-state index is 12.9. The van der Waals surface area contributed by atoms with E-state index in [2.05, 4.69) is 18.4 Å². The lowest BCUT2D eigenvalue weighted by Gasteiger charge is -2.20. The molecule has 0 radical (unpaired) electrons. The Morgan fingerprint density at radius 3 is 2.39 bits per heavy atom. The summed E-state index contributed by atoms with van der Waals surface area (Å²) in [6.07, 6.45) is 0. The van der Waals surface area contributed by atoms with Crippen LogP contribution in [0.2, 0.25) is 0 Å². The normalized spacial score (nSPS) is 14.4. The first kappa shape index (κ1) is 13.6. The average Bonchev–Trinajstić information content (AvgIpc) is 2.74.